The average Bonchev–Trinajstić information content (AvgIpc) is 1.80. The molecule has 0 aromatic rings. The third-order valence-electron chi connectivity index (χ3n) is 2.20. The van der Waals surface area contributed by atoms with Crippen molar-refractivity contribution < 1.29 is 0 Å². The van der Waals surface area contributed by atoms with Crippen LogP contribution < -0.4 is 0 Å². The Morgan fingerprint density at radius 2 is 1.23 bits per heavy atom. The lowest BCUT2D eigenvalue weighted by atomic mass is 9.89. The maximum atomic E-state index is 3.95. The topological polar surface area (TPSA) is 0 Å². The summed E-state index contributed by atoms with van der Waals surface area (Å²) in [4.78, 5) is 0. The van der Waals surface area contributed by atoms with Crippen molar-refractivity contribution in [3.05, 3.63) is 24.3 Å². The van der Waals surface area contributed by atoms with Gasteiger partial charge in [-0.15, -0.1) is 13.2 Å². The summed E-state index contributed by atoms with van der Waals surface area (Å²) in [5.41, 5.74) is 2.60. The molecule has 0 aliphatic rings. The molecule has 0 saturated heterocycles. The van der Waals surface area contributed by atoms with E-state index >= 15 is 0 Å². The number of hydrogen-bond acceptors (Lipinski definition) is 0. The van der Waals surface area contributed by atoms with Crippen molar-refractivity contribution in [2.45, 2.75) is 47.0 Å². The van der Waals surface area contributed by atoms with Gasteiger partial charge in [-0.25, -0.2) is 0 Å². The van der Waals surface area contributed by atoms with Crippen molar-refractivity contribution in [1.29, 1.82) is 0 Å². The van der Waals surface area contributed by atoms with Crippen LogP contribution in [-0.4, -0.2) is 0 Å². The highest BCUT2D eigenvalue weighted by Crippen LogP contribution is 2.22. The predicted molar refractivity (Wildman–Crippen MR) is 61.8 cm³/mol. The zero-order chi connectivity index (χ0) is 10.4. The Morgan fingerprint density at radius 3 is 1.46 bits per heavy atom. The van der Waals surface area contributed by atoms with Crippen molar-refractivity contribution in [3.63, 3.8) is 0 Å². The van der Waals surface area contributed by atoms with Gasteiger partial charge in [0.2, 0.25) is 0 Å². The lowest BCUT2D eigenvalue weighted by Gasteiger charge is -2.17. The van der Waals surface area contributed by atoms with Gasteiger partial charge in [-0.2, -0.15) is 0 Å². The molecule has 0 bridgehead atoms. The zero-order valence-corrected chi connectivity index (χ0v) is 9.69. The van der Waals surface area contributed by atoms with E-state index in [2.05, 4.69) is 40.9 Å². The third kappa shape index (κ3) is 7.83. The number of allylic oxidation sites excluding steroid dienone is 2. The quantitative estimate of drug-likeness (QED) is 0.525. The van der Waals surface area contributed by atoms with Crippen molar-refractivity contribution in [2.24, 2.45) is 11.8 Å². The molecule has 0 aliphatic heterocycles. The molecule has 0 nitrogen and oxygen atoms in total. The molecule has 0 aliphatic carbocycles. The summed E-state index contributed by atoms with van der Waals surface area (Å²) in [5.74, 6) is 1.54. The second-order valence-corrected chi connectivity index (χ2v) is 4.77. The first-order valence-corrected chi connectivity index (χ1v) is 5.20. The van der Waals surface area contributed by atoms with Gasteiger partial charge in [-0.1, -0.05) is 25.0 Å². The van der Waals surface area contributed by atoms with Crippen LogP contribution in [0, 0.1) is 11.8 Å². The highest BCUT2D eigenvalue weighted by Gasteiger charge is 2.08. The fourth-order valence-electron chi connectivity index (χ4n) is 2.04. The molecular weight excluding hydrogens is 156 g/mol. The summed E-state index contributed by atoms with van der Waals surface area (Å²) >= 11 is 0. The molecule has 0 heteroatoms. The molecular formula is C13H24. The van der Waals surface area contributed by atoms with Crippen LogP contribution in [0.15, 0.2) is 24.3 Å². The molecule has 0 spiro atoms. The van der Waals surface area contributed by atoms with E-state index in [1.807, 2.05) is 0 Å². The summed E-state index contributed by atoms with van der Waals surface area (Å²) in [6.07, 6.45) is 3.63. The average molecular weight is 180 g/mol. The lowest BCUT2D eigenvalue weighted by molar-refractivity contribution is 0.410. The van der Waals surface area contributed by atoms with Gasteiger partial charge in [0.1, 0.15) is 0 Å². The van der Waals surface area contributed by atoms with Gasteiger partial charge in [0.05, 0.1) is 0 Å². The van der Waals surface area contributed by atoms with Gasteiger partial charge in [-0.3, -0.25) is 0 Å². The summed E-state index contributed by atoms with van der Waals surface area (Å²) < 4.78 is 0. The van der Waals surface area contributed by atoms with Crippen molar-refractivity contribution >= 4 is 0 Å². The van der Waals surface area contributed by atoms with Crippen LogP contribution in [0.3, 0.4) is 0 Å². The fourth-order valence-corrected chi connectivity index (χ4v) is 2.04. The Kier molecular flexibility index (Phi) is 5.77. The molecule has 76 valence electrons. The molecule has 13 heavy (non-hydrogen) atoms. The van der Waals surface area contributed by atoms with E-state index in [4.69, 9.17) is 0 Å². The molecule has 0 radical (unpaired) electrons. The smallest absolute Gasteiger partial charge is 0.0300 e. The molecule has 0 aromatic heterocycles. The number of rotatable bonds is 6. The largest absolute Gasteiger partial charge is 0.100 e. The summed E-state index contributed by atoms with van der Waals surface area (Å²) in [6.45, 7) is 16.7. The molecule has 2 atom stereocenters. The summed E-state index contributed by atoms with van der Waals surface area (Å²) in [5, 5.41) is 0. The van der Waals surface area contributed by atoms with Crippen LogP contribution in [-0.2, 0) is 0 Å². The predicted octanol–water partition coefficient (Wildman–Crippen LogP) is 4.58. The second-order valence-electron chi connectivity index (χ2n) is 4.77. The Morgan fingerprint density at radius 1 is 0.923 bits per heavy atom. The van der Waals surface area contributed by atoms with E-state index in [-0.39, 0.29) is 0 Å². The summed E-state index contributed by atoms with van der Waals surface area (Å²) in [7, 11) is 0. The van der Waals surface area contributed by atoms with Crippen LogP contribution in [0.25, 0.3) is 0 Å². The first-order valence-electron chi connectivity index (χ1n) is 5.20. The van der Waals surface area contributed by atoms with Gasteiger partial charge in [0.25, 0.3) is 0 Å². The highest BCUT2D eigenvalue weighted by molar-refractivity contribution is 4.92. The molecule has 0 amide bonds. The standard InChI is InChI=1S/C13H24/c1-10(2)7-12(5)9-13(6)8-11(3)4/h12-13H,1,3,7-9H2,2,4-6H3. The Hall–Kier alpha value is -0.520. The van der Waals surface area contributed by atoms with Crippen LogP contribution >= 0.6 is 0 Å². The van der Waals surface area contributed by atoms with Crippen molar-refractivity contribution in [1.82, 2.24) is 0 Å². The maximum absolute atomic E-state index is 3.95. The van der Waals surface area contributed by atoms with Gasteiger partial charge in [-0.05, 0) is 44.9 Å². The molecule has 0 rings (SSSR count). The van der Waals surface area contributed by atoms with E-state index < -0.39 is 0 Å². The van der Waals surface area contributed by atoms with Gasteiger partial charge >= 0.3 is 0 Å². The van der Waals surface area contributed by atoms with Gasteiger partial charge in [0.15, 0.2) is 0 Å². The molecule has 0 fully saturated rings. The van der Waals surface area contributed by atoms with E-state index in [1.54, 1.807) is 0 Å². The Balaban J connectivity index is 3.70. The van der Waals surface area contributed by atoms with Crippen LogP contribution in [0.5, 0.6) is 0 Å². The van der Waals surface area contributed by atoms with Gasteiger partial charge in [0, 0.05) is 0 Å². The monoisotopic (exact) mass is 180 g/mol. The van der Waals surface area contributed by atoms with Crippen molar-refractivity contribution in [3.8, 4) is 0 Å². The third-order valence-corrected chi connectivity index (χ3v) is 2.20. The fraction of sp³-hybridized carbons (Fsp3) is 0.692. The molecule has 2 unspecified atom stereocenters. The van der Waals surface area contributed by atoms with Crippen LogP contribution in [0.1, 0.15) is 47.0 Å². The van der Waals surface area contributed by atoms with Crippen molar-refractivity contribution in [2.75, 3.05) is 0 Å². The van der Waals surface area contributed by atoms with Crippen LogP contribution in [0.2, 0.25) is 0 Å². The lowest BCUT2D eigenvalue weighted by Crippen LogP contribution is -2.03. The van der Waals surface area contributed by atoms with Crippen LogP contribution in [0.4, 0.5) is 0 Å². The highest BCUT2D eigenvalue weighted by atomic mass is 14.1. The minimum atomic E-state index is 0.770. The van der Waals surface area contributed by atoms with E-state index in [0.29, 0.717) is 0 Å². The summed E-state index contributed by atoms with van der Waals surface area (Å²) in [6, 6.07) is 0. The van der Waals surface area contributed by atoms with E-state index in [0.717, 1.165) is 11.8 Å². The minimum Gasteiger partial charge on any atom is -0.100 e. The second kappa shape index (κ2) is 6.01. The van der Waals surface area contributed by atoms with E-state index in [1.165, 1.54) is 30.4 Å². The molecule has 0 N–H and O–H groups in total. The SMILES string of the molecule is C=C(C)CC(C)CC(C)CC(=C)C. The molecule has 0 aromatic carbocycles. The van der Waals surface area contributed by atoms with E-state index in [9.17, 15) is 0 Å². The minimum absolute atomic E-state index is 0.770. The first kappa shape index (κ1) is 12.5. The maximum Gasteiger partial charge on any atom is -0.0300 e. The first-order chi connectivity index (χ1) is 5.91. The number of hydrogen-bond donors (Lipinski definition) is 0. The van der Waals surface area contributed by atoms with Gasteiger partial charge < -0.3 is 0 Å². The Labute approximate surface area is 83.7 Å². The zero-order valence-electron chi connectivity index (χ0n) is 9.69. The normalized spacial score (nSPS) is 15.1. The Bertz CT molecular complexity index is 156. The molecule has 0 saturated carbocycles. The molecule has 0 heterocycles.